The molecule has 7 nitrogen and oxygen atoms in total. The Hall–Kier alpha value is -3.09. The number of fused-ring (bicyclic) bond motifs is 1. The fourth-order valence-electron chi connectivity index (χ4n) is 6.26. The molecule has 3 fully saturated rings. The van der Waals surface area contributed by atoms with Crippen molar-refractivity contribution in [1.82, 2.24) is 15.6 Å². The minimum absolute atomic E-state index is 0.0241. The third-order valence-electron chi connectivity index (χ3n) is 8.11. The van der Waals surface area contributed by atoms with Crippen molar-refractivity contribution < 1.29 is 14.3 Å². The molecule has 1 aromatic heterocycles. The first-order valence-electron chi connectivity index (χ1n) is 13.0. The van der Waals surface area contributed by atoms with Gasteiger partial charge in [0.15, 0.2) is 0 Å². The quantitative estimate of drug-likeness (QED) is 0.651. The molecule has 0 radical (unpaired) electrons. The number of nitrogens with one attached hydrogen (secondary N) is 2. The second kappa shape index (κ2) is 10.3. The van der Waals surface area contributed by atoms with Crippen LogP contribution in [-0.4, -0.2) is 48.6 Å². The first-order valence-corrected chi connectivity index (χ1v) is 13.0. The summed E-state index contributed by atoms with van der Waals surface area (Å²) in [5.41, 5.74) is 2.16. The zero-order chi connectivity index (χ0) is 24.4. The second-order valence-corrected chi connectivity index (χ2v) is 10.3. The van der Waals surface area contributed by atoms with Crippen molar-refractivity contribution in [3.8, 4) is 5.75 Å². The normalized spacial score (nSPS) is 24.2. The number of anilines is 1. The molecular weight excluding hydrogens is 440 g/mol. The number of hydrogen-bond acceptors (Lipinski definition) is 5. The lowest BCUT2D eigenvalue weighted by Crippen LogP contribution is -2.43. The summed E-state index contributed by atoms with van der Waals surface area (Å²) in [4.78, 5) is 32.7. The number of aromatic nitrogens is 1. The highest BCUT2D eigenvalue weighted by Gasteiger charge is 2.41. The molecule has 0 spiro atoms. The van der Waals surface area contributed by atoms with Crippen LogP contribution in [0, 0.1) is 12.8 Å². The number of benzene rings is 1. The van der Waals surface area contributed by atoms with Gasteiger partial charge in [-0.2, -0.15) is 0 Å². The number of carbonyl (C=O) groups is 2. The molecule has 2 heterocycles. The standard InChI is InChI=1S/C28H36N4O3/c1-18-23(10-5-11-25(18)35-2)28(34)31-22-15-19-7-6-14-32(24(19)16-22)26-13-12-20(17-29-26)27(33)30-21-8-3-4-9-21/h5,10-13,17,19,21-22,24H,3-4,6-9,14-16H2,1-2H3,(H,30,33)(H,31,34). The molecule has 0 bridgehead atoms. The van der Waals surface area contributed by atoms with Crippen LogP contribution in [0.2, 0.25) is 0 Å². The van der Waals surface area contributed by atoms with Crippen molar-refractivity contribution >= 4 is 17.6 Å². The molecule has 35 heavy (non-hydrogen) atoms. The van der Waals surface area contributed by atoms with Crippen molar-refractivity contribution in [2.45, 2.75) is 76.4 Å². The van der Waals surface area contributed by atoms with Crippen LogP contribution in [0.1, 0.15) is 77.6 Å². The van der Waals surface area contributed by atoms with Gasteiger partial charge >= 0.3 is 0 Å². The predicted molar refractivity (Wildman–Crippen MR) is 136 cm³/mol. The van der Waals surface area contributed by atoms with Crippen molar-refractivity contribution in [1.29, 1.82) is 0 Å². The van der Waals surface area contributed by atoms with Gasteiger partial charge in [-0.25, -0.2) is 4.98 Å². The van der Waals surface area contributed by atoms with E-state index in [0.29, 0.717) is 29.1 Å². The summed E-state index contributed by atoms with van der Waals surface area (Å²) in [6.07, 6.45) is 10.4. The van der Waals surface area contributed by atoms with E-state index in [9.17, 15) is 9.59 Å². The van der Waals surface area contributed by atoms with E-state index in [2.05, 4.69) is 20.5 Å². The topological polar surface area (TPSA) is 83.6 Å². The van der Waals surface area contributed by atoms with Crippen LogP contribution in [0.3, 0.4) is 0 Å². The zero-order valence-corrected chi connectivity index (χ0v) is 20.8. The molecule has 3 unspecified atom stereocenters. The van der Waals surface area contributed by atoms with Gasteiger partial charge in [0.1, 0.15) is 11.6 Å². The Morgan fingerprint density at radius 2 is 1.77 bits per heavy atom. The first-order chi connectivity index (χ1) is 17.0. The minimum atomic E-state index is -0.0349. The Kier molecular flexibility index (Phi) is 6.93. The summed E-state index contributed by atoms with van der Waals surface area (Å²) in [5.74, 6) is 2.13. The molecular formula is C28H36N4O3. The van der Waals surface area contributed by atoms with Crippen molar-refractivity contribution in [3.63, 3.8) is 0 Å². The van der Waals surface area contributed by atoms with Gasteiger partial charge in [-0.3, -0.25) is 9.59 Å². The first kappa shape index (κ1) is 23.6. The van der Waals surface area contributed by atoms with Gasteiger partial charge in [-0.15, -0.1) is 0 Å². The van der Waals surface area contributed by atoms with Gasteiger partial charge in [-0.05, 0) is 75.6 Å². The molecule has 5 rings (SSSR count). The largest absolute Gasteiger partial charge is 0.496 e. The molecule has 2 amide bonds. The van der Waals surface area contributed by atoms with Crippen LogP contribution in [0.15, 0.2) is 36.5 Å². The van der Waals surface area contributed by atoms with E-state index in [1.807, 2.05) is 37.3 Å². The maximum atomic E-state index is 13.0. The summed E-state index contributed by atoms with van der Waals surface area (Å²) in [6.45, 7) is 2.88. The molecule has 1 saturated heterocycles. The van der Waals surface area contributed by atoms with Gasteiger partial charge in [0.05, 0.1) is 12.7 Å². The van der Waals surface area contributed by atoms with Crippen molar-refractivity contribution in [2.75, 3.05) is 18.6 Å². The van der Waals surface area contributed by atoms with E-state index < -0.39 is 0 Å². The molecule has 1 aromatic carbocycles. The molecule has 3 atom stereocenters. The summed E-state index contributed by atoms with van der Waals surface area (Å²) in [6, 6.07) is 10.3. The monoisotopic (exact) mass is 476 g/mol. The lowest BCUT2D eigenvalue weighted by molar-refractivity contribution is 0.0928. The fourth-order valence-corrected chi connectivity index (χ4v) is 6.26. The van der Waals surface area contributed by atoms with Crippen molar-refractivity contribution in [3.05, 3.63) is 53.2 Å². The van der Waals surface area contributed by atoms with Crippen LogP contribution < -0.4 is 20.3 Å². The molecule has 2 aromatic rings. The Labute approximate surface area is 207 Å². The number of piperidine rings is 1. The third-order valence-corrected chi connectivity index (χ3v) is 8.11. The number of carbonyl (C=O) groups excluding carboxylic acids is 2. The van der Waals surface area contributed by atoms with Gasteiger partial charge in [0.25, 0.3) is 11.8 Å². The summed E-state index contributed by atoms with van der Waals surface area (Å²) < 4.78 is 5.38. The molecule has 3 aliphatic rings. The summed E-state index contributed by atoms with van der Waals surface area (Å²) >= 11 is 0. The average Bonchev–Trinajstić information content (AvgIpc) is 3.53. The van der Waals surface area contributed by atoms with E-state index in [1.54, 1.807) is 13.3 Å². The van der Waals surface area contributed by atoms with Gasteiger partial charge in [-0.1, -0.05) is 18.9 Å². The average molecular weight is 477 g/mol. The van der Waals surface area contributed by atoms with E-state index in [4.69, 9.17) is 4.74 Å². The van der Waals surface area contributed by atoms with Crippen LogP contribution in [0.25, 0.3) is 0 Å². The van der Waals surface area contributed by atoms with Gasteiger partial charge in [0.2, 0.25) is 0 Å². The van der Waals surface area contributed by atoms with Crippen molar-refractivity contribution in [2.24, 2.45) is 5.92 Å². The highest BCUT2D eigenvalue weighted by Crippen LogP contribution is 2.39. The number of amides is 2. The number of rotatable bonds is 6. The Morgan fingerprint density at radius 1 is 0.971 bits per heavy atom. The number of methoxy groups -OCH3 is 1. The Morgan fingerprint density at radius 3 is 2.51 bits per heavy atom. The third kappa shape index (κ3) is 5.00. The zero-order valence-electron chi connectivity index (χ0n) is 20.8. The second-order valence-electron chi connectivity index (χ2n) is 10.3. The Bertz CT molecular complexity index is 1060. The number of pyridine rings is 1. The van der Waals surface area contributed by atoms with E-state index in [0.717, 1.165) is 55.8 Å². The van der Waals surface area contributed by atoms with E-state index in [1.165, 1.54) is 19.3 Å². The lowest BCUT2D eigenvalue weighted by atomic mass is 9.92. The molecule has 2 saturated carbocycles. The fraction of sp³-hybridized carbons (Fsp3) is 0.536. The minimum Gasteiger partial charge on any atom is -0.496 e. The number of hydrogen-bond donors (Lipinski definition) is 2. The van der Waals surface area contributed by atoms with Crippen LogP contribution in [0.4, 0.5) is 5.82 Å². The molecule has 1 aliphatic heterocycles. The molecule has 2 N–H and O–H groups in total. The molecule has 2 aliphatic carbocycles. The molecule has 186 valence electrons. The number of nitrogens with zero attached hydrogens (tertiary/aromatic N) is 2. The van der Waals surface area contributed by atoms with E-state index in [-0.39, 0.29) is 17.9 Å². The Balaban J connectivity index is 1.23. The maximum Gasteiger partial charge on any atom is 0.253 e. The SMILES string of the molecule is COc1cccc(C(=O)NC2CC3CCCN(c4ccc(C(=O)NC5CCCC5)cn4)C3C2)c1C. The highest BCUT2D eigenvalue weighted by molar-refractivity contribution is 5.96. The smallest absolute Gasteiger partial charge is 0.253 e. The van der Waals surface area contributed by atoms with Gasteiger partial charge < -0.3 is 20.3 Å². The lowest BCUT2D eigenvalue weighted by Gasteiger charge is -2.38. The highest BCUT2D eigenvalue weighted by atomic mass is 16.5. The molecule has 7 heteroatoms. The van der Waals surface area contributed by atoms with Gasteiger partial charge in [0, 0.05) is 42.0 Å². The number of ether oxygens (including phenoxy) is 1. The van der Waals surface area contributed by atoms with Crippen LogP contribution in [-0.2, 0) is 0 Å². The van der Waals surface area contributed by atoms with Crippen LogP contribution >= 0.6 is 0 Å². The maximum absolute atomic E-state index is 13.0. The predicted octanol–water partition coefficient (Wildman–Crippen LogP) is 4.25. The van der Waals surface area contributed by atoms with E-state index >= 15 is 0 Å². The summed E-state index contributed by atoms with van der Waals surface area (Å²) in [7, 11) is 1.63. The summed E-state index contributed by atoms with van der Waals surface area (Å²) in [5, 5.41) is 6.42. The van der Waals surface area contributed by atoms with Crippen LogP contribution in [0.5, 0.6) is 5.75 Å².